The van der Waals surface area contributed by atoms with Crippen molar-refractivity contribution >= 4 is 5.97 Å². The molecule has 0 aliphatic heterocycles. The Bertz CT molecular complexity index is 286. The summed E-state index contributed by atoms with van der Waals surface area (Å²) in [5.41, 5.74) is 0. The lowest BCUT2D eigenvalue weighted by atomic mass is 9.80. The average Bonchev–Trinajstić information content (AvgIpc) is 2.32. The van der Waals surface area contributed by atoms with E-state index < -0.39 is 0 Å². The lowest BCUT2D eigenvalue weighted by Crippen LogP contribution is -2.37. The quantitative estimate of drug-likeness (QED) is 0.541. The molecule has 0 aromatic rings. The van der Waals surface area contributed by atoms with Gasteiger partial charge < -0.3 is 4.74 Å². The maximum atomic E-state index is 11.2. The summed E-state index contributed by atoms with van der Waals surface area (Å²) in [5, 5.41) is 8.77. The first kappa shape index (κ1) is 14.0. The van der Waals surface area contributed by atoms with Crippen LogP contribution in [0.1, 0.15) is 32.6 Å². The number of carbonyl (C=O) groups is 1. The van der Waals surface area contributed by atoms with Crippen molar-refractivity contribution in [3.05, 3.63) is 0 Å². The van der Waals surface area contributed by atoms with Gasteiger partial charge in [0.05, 0.1) is 26.3 Å². The molecule has 4 heteroatoms. The zero-order valence-electron chi connectivity index (χ0n) is 10.8. The molecule has 0 heterocycles. The zero-order valence-corrected chi connectivity index (χ0v) is 10.8. The van der Waals surface area contributed by atoms with Crippen molar-refractivity contribution in [3.63, 3.8) is 0 Å². The molecule has 0 radical (unpaired) electrons. The molecule has 0 spiro atoms. The Morgan fingerprint density at radius 2 is 2.18 bits per heavy atom. The number of esters is 1. The summed E-state index contributed by atoms with van der Waals surface area (Å²) in [4.78, 5) is 13.1. The molecular formula is C13H22N2O2. The van der Waals surface area contributed by atoms with Gasteiger partial charge in [-0.25, -0.2) is 0 Å². The molecule has 96 valence electrons. The molecule has 0 bridgehead atoms. The van der Waals surface area contributed by atoms with Crippen LogP contribution in [0.3, 0.4) is 0 Å². The second-order valence-electron chi connectivity index (χ2n) is 4.93. The Labute approximate surface area is 104 Å². The number of rotatable bonds is 5. The van der Waals surface area contributed by atoms with Crippen LogP contribution in [0.4, 0.5) is 0 Å². The predicted octanol–water partition coefficient (Wildman–Crippen LogP) is 1.81. The lowest BCUT2D eigenvalue weighted by Gasteiger charge is -2.32. The molecule has 0 aromatic carbocycles. The van der Waals surface area contributed by atoms with Gasteiger partial charge in [0.1, 0.15) is 0 Å². The maximum absolute atomic E-state index is 11.2. The van der Waals surface area contributed by atoms with Gasteiger partial charge in [-0.2, -0.15) is 5.26 Å². The van der Waals surface area contributed by atoms with E-state index in [0.29, 0.717) is 18.4 Å². The number of methoxy groups -OCH3 is 1. The number of ether oxygens (including phenoxy) is 1. The molecule has 1 aliphatic rings. The van der Waals surface area contributed by atoms with Crippen LogP contribution in [0.25, 0.3) is 0 Å². The highest BCUT2D eigenvalue weighted by molar-refractivity contribution is 5.71. The molecule has 4 nitrogen and oxygen atoms in total. The number of nitriles is 1. The van der Waals surface area contributed by atoms with E-state index in [-0.39, 0.29) is 12.5 Å². The smallest absolute Gasteiger partial charge is 0.319 e. The van der Waals surface area contributed by atoms with Crippen LogP contribution < -0.4 is 0 Å². The van der Waals surface area contributed by atoms with Gasteiger partial charge in [0.15, 0.2) is 0 Å². The maximum Gasteiger partial charge on any atom is 0.319 e. The highest BCUT2D eigenvalue weighted by atomic mass is 16.5. The number of carbonyl (C=O) groups excluding carboxylic acids is 1. The average molecular weight is 238 g/mol. The largest absolute Gasteiger partial charge is 0.468 e. The Balaban J connectivity index is 2.47. The normalized spacial score (nSPS) is 24.4. The van der Waals surface area contributed by atoms with Crippen molar-refractivity contribution in [1.29, 1.82) is 5.26 Å². The molecule has 1 fully saturated rings. The van der Waals surface area contributed by atoms with Gasteiger partial charge in [-0.05, 0) is 18.3 Å². The molecule has 1 rings (SSSR count). The van der Waals surface area contributed by atoms with Gasteiger partial charge >= 0.3 is 5.97 Å². The van der Waals surface area contributed by atoms with E-state index in [1.165, 1.54) is 32.8 Å². The second-order valence-corrected chi connectivity index (χ2v) is 4.93. The standard InChI is InChI=1S/C13H22N2O2/c1-11-5-3-4-6-12(11)9-15(8-7-14)10-13(16)17-2/h11-12H,3-6,8-10H2,1-2H3/t11-,12+/m0/s1. The Morgan fingerprint density at radius 1 is 1.47 bits per heavy atom. The molecular weight excluding hydrogens is 216 g/mol. The summed E-state index contributed by atoms with van der Waals surface area (Å²) in [6.07, 6.45) is 5.06. The highest BCUT2D eigenvalue weighted by Gasteiger charge is 2.24. The lowest BCUT2D eigenvalue weighted by molar-refractivity contribution is -0.142. The summed E-state index contributed by atoms with van der Waals surface area (Å²) in [5.74, 6) is 1.05. The van der Waals surface area contributed by atoms with E-state index in [9.17, 15) is 4.79 Å². The highest BCUT2D eigenvalue weighted by Crippen LogP contribution is 2.30. The minimum atomic E-state index is -0.260. The molecule has 17 heavy (non-hydrogen) atoms. The molecule has 0 unspecified atom stereocenters. The van der Waals surface area contributed by atoms with E-state index in [1.54, 1.807) is 0 Å². The summed E-state index contributed by atoms with van der Waals surface area (Å²) in [6.45, 7) is 3.64. The van der Waals surface area contributed by atoms with E-state index in [0.717, 1.165) is 6.54 Å². The van der Waals surface area contributed by atoms with E-state index in [4.69, 9.17) is 5.26 Å². The van der Waals surface area contributed by atoms with Crippen molar-refractivity contribution in [2.75, 3.05) is 26.7 Å². The predicted molar refractivity (Wildman–Crippen MR) is 65.2 cm³/mol. The van der Waals surface area contributed by atoms with Crippen LogP contribution >= 0.6 is 0 Å². The monoisotopic (exact) mass is 238 g/mol. The van der Waals surface area contributed by atoms with E-state index in [1.807, 2.05) is 4.90 Å². The first-order valence-electron chi connectivity index (χ1n) is 6.33. The summed E-state index contributed by atoms with van der Waals surface area (Å²) in [6, 6.07) is 2.12. The van der Waals surface area contributed by atoms with Crippen molar-refractivity contribution in [2.45, 2.75) is 32.6 Å². The van der Waals surface area contributed by atoms with Crippen LogP contribution in [0, 0.1) is 23.2 Å². The molecule has 0 aromatic heterocycles. The van der Waals surface area contributed by atoms with Crippen molar-refractivity contribution in [1.82, 2.24) is 4.90 Å². The zero-order chi connectivity index (χ0) is 12.7. The molecule has 0 N–H and O–H groups in total. The fourth-order valence-electron chi connectivity index (χ4n) is 2.53. The van der Waals surface area contributed by atoms with Crippen LogP contribution in [0.5, 0.6) is 0 Å². The number of hydrogen-bond donors (Lipinski definition) is 0. The Morgan fingerprint density at radius 3 is 2.76 bits per heavy atom. The summed E-state index contributed by atoms with van der Waals surface area (Å²) >= 11 is 0. The Hall–Kier alpha value is -1.08. The molecule has 1 aliphatic carbocycles. The van der Waals surface area contributed by atoms with Crippen LogP contribution in [-0.4, -0.2) is 37.6 Å². The van der Waals surface area contributed by atoms with Crippen LogP contribution in [0.15, 0.2) is 0 Å². The van der Waals surface area contributed by atoms with Crippen LogP contribution in [0.2, 0.25) is 0 Å². The van der Waals surface area contributed by atoms with E-state index in [2.05, 4.69) is 17.7 Å². The summed E-state index contributed by atoms with van der Waals surface area (Å²) < 4.78 is 4.65. The first-order valence-corrected chi connectivity index (χ1v) is 6.33. The van der Waals surface area contributed by atoms with Gasteiger partial charge in [-0.1, -0.05) is 26.2 Å². The SMILES string of the molecule is COC(=O)CN(CC#N)C[C@H]1CCCC[C@@H]1C. The third-order valence-electron chi connectivity index (χ3n) is 3.66. The van der Waals surface area contributed by atoms with Gasteiger partial charge in [0.25, 0.3) is 0 Å². The number of hydrogen-bond acceptors (Lipinski definition) is 4. The van der Waals surface area contributed by atoms with Crippen molar-refractivity contribution in [3.8, 4) is 6.07 Å². The number of nitrogens with zero attached hydrogens (tertiary/aromatic N) is 2. The van der Waals surface area contributed by atoms with Gasteiger partial charge in [0.2, 0.25) is 0 Å². The first-order chi connectivity index (χ1) is 8.17. The molecule has 0 saturated heterocycles. The Kier molecular flexibility index (Phi) is 5.99. The third-order valence-corrected chi connectivity index (χ3v) is 3.66. The summed E-state index contributed by atoms with van der Waals surface area (Å²) in [7, 11) is 1.39. The molecule has 0 amide bonds. The topological polar surface area (TPSA) is 53.3 Å². The van der Waals surface area contributed by atoms with Gasteiger partial charge in [0, 0.05) is 6.54 Å². The van der Waals surface area contributed by atoms with Gasteiger partial charge in [-0.15, -0.1) is 0 Å². The van der Waals surface area contributed by atoms with Crippen molar-refractivity contribution < 1.29 is 9.53 Å². The molecule has 2 atom stereocenters. The fourth-order valence-corrected chi connectivity index (χ4v) is 2.53. The molecule has 1 saturated carbocycles. The van der Waals surface area contributed by atoms with Crippen LogP contribution in [-0.2, 0) is 9.53 Å². The second kappa shape index (κ2) is 7.29. The van der Waals surface area contributed by atoms with Gasteiger partial charge in [-0.3, -0.25) is 9.69 Å². The fraction of sp³-hybridized carbons (Fsp3) is 0.846. The third kappa shape index (κ3) is 4.74. The minimum absolute atomic E-state index is 0.229. The van der Waals surface area contributed by atoms with E-state index >= 15 is 0 Å². The van der Waals surface area contributed by atoms with Crippen molar-refractivity contribution in [2.24, 2.45) is 11.8 Å². The minimum Gasteiger partial charge on any atom is -0.468 e.